The second kappa shape index (κ2) is 5.00. The van der Waals surface area contributed by atoms with Gasteiger partial charge in [0.1, 0.15) is 5.82 Å². The lowest BCUT2D eigenvalue weighted by molar-refractivity contribution is 0.627. The summed E-state index contributed by atoms with van der Waals surface area (Å²) in [6.45, 7) is 4.28. The first kappa shape index (κ1) is 13.8. The lowest BCUT2D eigenvalue weighted by atomic mass is 9.93. The molecule has 1 nitrogen and oxygen atoms in total. The van der Waals surface area contributed by atoms with Crippen molar-refractivity contribution in [1.29, 1.82) is 5.26 Å². The van der Waals surface area contributed by atoms with E-state index in [1.54, 1.807) is 6.07 Å². The van der Waals surface area contributed by atoms with Crippen LogP contribution in [0.25, 0.3) is 11.1 Å². The first-order valence-corrected chi connectivity index (χ1v) is 7.37. The highest BCUT2D eigenvalue weighted by atomic mass is 19.1. The number of hydrogen-bond donors (Lipinski definition) is 0. The van der Waals surface area contributed by atoms with Gasteiger partial charge in [-0.25, -0.2) is 4.39 Å². The van der Waals surface area contributed by atoms with E-state index in [1.165, 1.54) is 11.6 Å². The number of nitrogens with zero attached hydrogens (tertiary/aromatic N) is 1. The van der Waals surface area contributed by atoms with Crippen LogP contribution in [-0.2, 0) is 5.41 Å². The molecule has 1 fully saturated rings. The number of rotatable bonds is 3. The summed E-state index contributed by atoms with van der Waals surface area (Å²) in [5.74, 6) is 0.225. The van der Waals surface area contributed by atoms with Crippen molar-refractivity contribution in [2.24, 2.45) is 0 Å². The maximum Gasteiger partial charge on any atom is 0.131 e. The molecule has 0 aromatic heterocycles. The molecule has 1 saturated carbocycles. The number of benzene rings is 2. The van der Waals surface area contributed by atoms with Crippen LogP contribution in [0, 0.1) is 17.1 Å². The maximum absolute atomic E-state index is 14.4. The summed E-state index contributed by atoms with van der Waals surface area (Å²) in [5, 5.41) is 9.20. The Balaban J connectivity index is 1.95. The van der Waals surface area contributed by atoms with Crippen molar-refractivity contribution in [3.63, 3.8) is 0 Å². The molecule has 0 radical (unpaired) electrons. The van der Waals surface area contributed by atoms with E-state index in [-0.39, 0.29) is 5.82 Å². The molecule has 0 N–H and O–H groups in total. The molecule has 106 valence electrons. The molecule has 21 heavy (non-hydrogen) atoms. The van der Waals surface area contributed by atoms with Crippen LogP contribution in [0.1, 0.15) is 43.7 Å². The average Bonchev–Trinajstić information content (AvgIpc) is 3.28. The van der Waals surface area contributed by atoms with E-state index in [2.05, 4.69) is 19.9 Å². The van der Waals surface area contributed by atoms with Crippen molar-refractivity contribution >= 4 is 0 Å². The Hall–Kier alpha value is -2.14. The van der Waals surface area contributed by atoms with Gasteiger partial charge in [-0.3, -0.25) is 0 Å². The second-order valence-corrected chi connectivity index (χ2v) is 6.17. The SMILES string of the molecule is CC(C)c1ccc(-c2ccc(C3(C#N)CC3)cc2F)cc1. The predicted octanol–water partition coefficient (Wildman–Crippen LogP) is 5.17. The molecule has 0 aliphatic heterocycles. The van der Waals surface area contributed by atoms with Crippen molar-refractivity contribution < 1.29 is 4.39 Å². The highest BCUT2D eigenvalue weighted by Crippen LogP contribution is 2.48. The van der Waals surface area contributed by atoms with Crippen LogP contribution in [0.2, 0.25) is 0 Å². The van der Waals surface area contributed by atoms with Gasteiger partial charge in [-0.2, -0.15) is 5.26 Å². The van der Waals surface area contributed by atoms with E-state index in [9.17, 15) is 9.65 Å². The zero-order valence-electron chi connectivity index (χ0n) is 12.4. The van der Waals surface area contributed by atoms with Crippen LogP contribution in [-0.4, -0.2) is 0 Å². The van der Waals surface area contributed by atoms with Crippen LogP contribution >= 0.6 is 0 Å². The Labute approximate surface area is 125 Å². The van der Waals surface area contributed by atoms with Crippen molar-refractivity contribution in [2.45, 2.75) is 38.0 Å². The Morgan fingerprint density at radius 3 is 2.24 bits per heavy atom. The molecule has 2 heteroatoms. The molecule has 0 amide bonds. The van der Waals surface area contributed by atoms with Gasteiger partial charge >= 0.3 is 0 Å². The zero-order chi connectivity index (χ0) is 15.0. The fourth-order valence-corrected chi connectivity index (χ4v) is 2.68. The van der Waals surface area contributed by atoms with Gasteiger partial charge in [-0.15, -0.1) is 0 Å². The van der Waals surface area contributed by atoms with Gasteiger partial charge in [0.2, 0.25) is 0 Å². The largest absolute Gasteiger partial charge is 0.206 e. The van der Waals surface area contributed by atoms with Gasteiger partial charge in [-0.05, 0) is 41.5 Å². The standard InChI is InChI=1S/C19H18FN/c1-13(2)14-3-5-15(6-4-14)17-8-7-16(11-18(17)20)19(12-21)9-10-19/h3-8,11,13H,9-10H2,1-2H3. The number of halogens is 1. The third-order valence-corrected chi connectivity index (χ3v) is 4.37. The first-order chi connectivity index (χ1) is 10.1. The molecule has 2 aromatic rings. The van der Waals surface area contributed by atoms with E-state index < -0.39 is 5.41 Å². The van der Waals surface area contributed by atoms with Crippen molar-refractivity contribution in [3.05, 3.63) is 59.4 Å². The molecule has 3 rings (SSSR count). The summed E-state index contributed by atoms with van der Waals surface area (Å²) in [6, 6.07) is 15.5. The normalized spacial score (nSPS) is 15.8. The fourth-order valence-electron chi connectivity index (χ4n) is 2.68. The number of hydrogen-bond acceptors (Lipinski definition) is 1. The summed E-state index contributed by atoms with van der Waals surface area (Å²) in [7, 11) is 0. The summed E-state index contributed by atoms with van der Waals surface area (Å²) in [4.78, 5) is 0. The van der Waals surface area contributed by atoms with E-state index >= 15 is 0 Å². The Bertz CT molecular complexity index is 703. The van der Waals surface area contributed by atoms with Crippen LogP contribution in [0.15, 0.2) is 42.5 Å². The van der Waals surface area contributed by atoms with E-state index in [1.807, 2.05) is 30.3 Å². The minimum atomic E-state index is -0.430. The Morgan fingerprint density at radius 1 is 1.10 bits per heavy atom. The minimum Gasteiger partial charge on any atom is -0.206 e. The Kier molecular flexibility index (Phi) is 3.29. The summed E-state index contributed by atoms with van der Waals surface area (Å²) in [6.07, 6.45) is 1.68. The molecule has 0 unspecified atom stereocenters. The van der Waals surface area contributed by atoms with Gasteiger partial charge in [0, 0.05) is 5.56 Å². The highest BCUT2D eigenvalue weighted by molar-refractivity contribution is 5.65. The van der Waals surface area contributed by atoms with E-state index in [0.717, 1.165) is 24.0 Å². The van der Waals surface area contributed by atoms with E-state index in [4.69, 9.17) is 0 Å². The number of nitriles is 1. The van der Waals surface area contributed by atoms with Gasteiger partial charge < -0.3 is 0 Å². The molecular formula is C19H18FN. The van der Waals surface area contributed by atoms with Gasteiger partial charge in [-0.1, -0.05) is 50.2 Å². The lowest BCUT2D eigenvalue weighted by Gasteiger charge is -2.11. The summed E-state index contributed by atoms with van der Waals surface area (Å²) < 4.78 is 14.4. The Morgan fingerprint density at radius 2 is 1.76 bits per heavy atom. The second-order valence-electron chi connectivity index (χ2n) is 6.17. The van der Waals surface area contributed by atoms with Gasteiger partial charge in [0.25, 0.3) is 0 Å². The molecule has 1 aliphatic carbocycles. The molecule has 0 atom stereocenters. The lowest BCUT2D eigenvalue weighted by Crippen LogP contribution is -2.03. The van der Waals surface area contributed by atoms with Crippen molar-refractivity contribution in [1.82, 2.24) is 0 Å². The first-order valence-electron chi connectivity index (χ1n) is 7.37. The van der Waals surface area contributed by atoms with Gasteiger partial charge in [0.15, 0.2) is 0 Å². The zero-order valence-corrected chi connectivity index (χ0v) is 12.4. The molecule has 0 spiro atoms. The predicted molar refractivity (Wildman–Crippen MR) is 82.5 cm³/mol. The quantitative estimate of drug-likeness (QED) is 0.760. The molecule has 2 aromatic carbocycles. The minimum absolute atomic E-state index is 0.244. The third-order valence-electron chi connectivity index (χ3n) is 4.37. The van der Waals surface area contributed by atoms with Gasteiger partial charge in [0.05, 0.1) is 11.5 Å². The maximum atomic E-state index is 14.4. The molecule has 1 aliphatic rings. The average molecular weight is 279 g/mol. The molecule has 0 saturated heterocycles. The van der Waals surface area contributed by atoms with Crippen LogP contribution in [0.5, 0.6) is 0 Å². The van der Waals surface area contributed by atoms with Crippen molar-refractivity contribution in [2.75, 3.05) is 0 Å². The monoisotopic (exact) mass is 279 g/mol. The van der Waals surface area contributed by atoms with E-state index in [0.29, 0.717) is 11.5 Å². The highest BCUT2D eigenvalue weighted by Gasteiger charge is 2.45. The van der Waals surface area contributed by atoms with Crippen molar-refractivity contribution in [3.8, 4) is 17.2 Å². The van der Waals surface area contributed by atoms with Crippen LogP contribution in [0.4, 0.5) is 4.39 Å². The van der Waals surface area contributed by atoms with Crippen LogP contribution in [0.3, 0.4) is 0 Å². The summed E-state index contributed by atoms with van der Waals surface area (Å²) in [5.41, 5.74) is 3.11. The summed E-state index contributed by atoms with van der Waals surface area (Å²) >= 11 is 0. The molecule has 0 heterocycles. The van der Waals surface area contributed by atoms with Crippen LogP contribution < -0.4 is 0 Å². The fraction of sp³-hybridized carbons (Fsp3) is 0.316. The smallest absolute Gasteiger partial charge is 0.131 e. The topological polar surface area (TPSA) is 23.8 Å². The third kappa shape index (κ3) is 2.45. The molecule has 0 bridgehead atoms. The molecular weight excluding hydrogens is 261 g/mol.